The summed E-state index contributed by atoms with van der Waals surface area (Å²) in [6.45, 7) is 0. The third-order valence-corrected chi connectivity index (χ3v) is 2.09. The average Bonchev–Trinajstić information content (AvgIpc) is 2.28. The lowest BCUT2D eigenvalue weighted by Crippen LogP contribution is -2.07. The van der Waals surface area contributed by atoms with E-state index in [1.165, 1.54) is 13.2 Å². The first-order valence-electron chi connectivity index (χ1n) is 4.90. The van der Waals surface area contributed by atoms with Crippen molar-refractivity contribution in [1.82, 2.24) is 0 Å². The highest BCUT2D eigenvalue weighted by Crippen LogP contribution is 2.21. The highest BCUT2D eigenvalue weighted by Gasteiger charge is 2.10. The topological polar surface area (TPSA) is 89.6 Å². The molecule has 1 aromatic rings. The van der Waals surface area contributed by atoms with E-state index in [0.717, 1.165) is 5.56 Å². The molecule has 5 heteroatoms. The summed E-state index contributed by atoms with van der Waals surface area (Å²) in [6.07, 6.45) is 3.43. The lowest BCUT2D eigenvalue weighted by molar-refractivity contribution is -0.117. The van der Waals surface area contributed by atoms with Gasteiger partial charge in [-0.1, -0.05) is 18.2 Å². The summed E-state index contributed by atoms with van der Waals surface area (Å²) in [4.78, 5) is 21.4. The molecule has 0 fully saturated rings. The summed E-state index contributed by atoms with van der Waals surface area (Å²) >= 11 is 0. The van der Waals surface area contributed by atoms with Crippen LogP contribution >= 0.6 is 0 Å². The van der Waals surface area contributed by atoms with Crippen molar-refractivity contribution in [2.75, 3.05) is 7.11 Å². The Morgan fingerprint density at radius 3 is 2.71 bits per heavy atom. The number of carbonyl (C=O) groups excluding carboxylic acids is 1. The van der Waals surface area contributed by atoms with Gasteiger partial charge in [0, 0.05) is 6.42 Å². The van der Waals surface area contributed by atoms with Gasteiger partial charge < -0.3 is 15.6 Å². The lowest BCUT2D eigenvalue weighted by Gasteiger charge is -2.05. The molecular weight excluding hydrogens is 222 g/mol. The van der Waals surface area contributed by atoms with Crippen LogP contribution in [0.3, 0.4) is 0 Å². The number of ether oxygens (including phenoxy) is 1. The van der Waals surface area contributed by atoms with Gasteiger partial charge in [0.1, 0.15) is 11.3 Å². The number of hydrogen-bond donors (Lipinski definition) is 2. The van der Waals surface area contributed by atoms with E-state index < -0.39 is 11.9 Å². The summed E-state index contributed by atoms with van der Waals surface area (Å²) in [5.41, 5.74) is 5.82. The Hall–Kier alpha value is -2.30. The predicted octanol–water partition coefficient (Wildman–Crippen LogP) is 1.28. The number of amides is 1. The zero-order valence-electron chi connectivity index (χ0n) is 9.34. The molecule has 0 spiro atoms. The van der Waals surface area contributed by atoms with Gasteiger partial charge in [0.2, 0.25) is 5.91 Å². The first kappa shape index (κ1) is 12.8. The van der Waals surface area contributed by atoms with Crippen molar-refractivity contribution in [3.05, 3.63) is 35.4 Å². The molecule has 1 rings (SSSR count). The first-order chi connectivity index (χ1) is 8.04. The molecule has 17 heavy (non-hydrogen) atoms. The van der Waals surface area contributed by atoms with Crippen molar-refractivity contribution < 1.29 is 19.4 Å². The number of primary amides is 1. The predicted molar refractivity (Wildman–Crippen MR) is 62.8 cm³/mol. The normalized spacial score (nSPS) is 10.4. The maximum Gasteiger partial charge on any atom is 0.339 e. The van der Waals surface area contributed by atoms with E-state index in [-0.39, 0.29) is 17.7 Å². The van der Waals surface area contributed by atoms with Crippen LogP contribution in [-0.2, 0) is 4.79 Å². The van der Waals surface area contributed by atoms with E-state index in [4.69, 9.17) is 15.6 Å². The molecule has 0 saturated carbocycles. The molecular formula is C12H13NO4. The van der Waals surface area contributed by atoms with Crippen molar-refractivity contribution in [2.45, 2.75) is 6.42 Å². The Balaban J connectivity index is 2.93. The molecule has 0 bridgehead atoms. The highest BCUT2D eigenvalue weighted by molar-refractivity contribution is 5.91. The third-order valence-electron chi connectivity index (χ3n) is 2.09. The Labute approximate surface area is 98.5 Å². The maximum atomic E-state index is 10.8. The fourth-order valence-electron chi connectivity index (χ4n) is 1.30. The molecule has 0 radical (unpaired) electrons. The quantitative estimate of drug-likeness (QED) is 0.804. The number of carbonyl (C=O) groups is 2. The molecule has 3 N–H and O–H groups in total. The third kappa shape index (κ3) is 3.64. The summed E-state index contributed by atoms with van der Waals surface area (Å²) < 4.78 is 4.97. The Bertz CT molecular complexity index is 466. The number of aromatic carboxylic acids is 1. The second kappa shape index (κ2) is 5.69. The number of benzene rings is 1. The molecule has 0 atom stereocenters. The standard InChI is InChI=1S/C12H13NO4/c1-17-10-7-8(3-2-4-11(13)14)5-6-9(10)12(15)16/h2-3,5-7H,4H2,1H3,(H2,13,14)(H,15,16). The van der Waals surface area contributed by atoms with Crippen molar-refractivity contribution in [1.29, 1.82) is 0 Å². The number of rotatable bonds is 5. The number of hydrogen-bond acceptors (Lipinski definition) is 3. The van der Waals surface area contributed by atoms with Crippen molar-refractivity contribution in [2.24, 2.45) is 5.73 Å². The second-order valence-corrected chi connectivity index (χ2v) is 3.34. The van der Waals surface area contributed by atoms with Gasteiger partial charge >= 0.3 is 5.97 Å². The minimum absolute atomic E-state index is 0.0968. The Kier molecular flexibility index (Phi) is 4.28. The number of methoxy groups -OCH3 is 1. The van der Waals surface area contributed by atoms with Crippen LogP contribution in [0.2, 0.25) is 0 Å². The molecule has 90 valence electrons. The van der Waals surface area contributed by atoms with Gasteiger partial charge in [-0.15, -0.1) is 0 Å². The lowest BCUT2D eigenvalue weighted by atomic mass is 10.1. The van der Waals surface area contributed by atoms with Crippen LogP contribution in [0, 0.1) is 0 Å². The number of nitrogens with two attached hydrogens (primary N) is 1. The molecule has 1 amide bonds. The van der Waals surface area contributed by atoms with Gasteiger partial charge in [-0.3, -0.25) is 4.79 Å². The Morgan fingerprint density at radius 1 is 1.47 bits per heavy atom. The van der Waals surface area contributed by atoms with E-state index in [9.17, 15) is 9.59 Å². The molecule has 5 nitrogen and oxygen atoms in total. The van der Waals surface area contributed by atoms with Crippen LogP contribution in [0.1, 0.15) is 22.3 Å². The summed E-state index contributed by atoms with van der Waals surface area (Å²) in [5.74, 6) is -1.19. The Morgan fingerprint density at radius 2 is 2.18 bits per heavy atom. The van der Waals surface area contributed by atoms with E-state index >= 15 is 0 Å². The zero-order chi connectivity index (χ0) is 12.8. The molecule has 0 aliphatic heterocycles. The van der Waals surface area contributed by atoms with Gasteiger partial charge in [0.25, 0.3) is 0 Å². The first-order valence-corrected chi connectivity index (χ1v) is 4.90. The fourth-order valence-corrected chi connectivity index (χ4v) is 1.30. The van der Waals surface area contributed by atoms with Crippen molar-refractivity contribution in [3.63, 3.8) is 0 Å². The minimum atomic E-state index is -1.05. The maximum absolute atomic E-state index is 10.8. The van der Waals surface area contributed by atoms with Crippen LogP contribution in [0.15, 0.2) is 24.3 Å². The van der Waals surface area contributed by atoms with Crippen LogP contribution in [0.25, 0.3) is 6.08 Å². The number of carboxylic acids is 1. The summed E-state index contributed by atoms with van der Waals surface area (Å²) in [6, 6.07) is 4.66. The number of carboxylic acid groups (broad SMARTS) is 1. The van der Waals surface area contributed by atoms with E-state index in [2.05, 4.69) is 0 Å². The molecule has 0 aromatic heterocycles. The van der Waals surface area contributed by atoms with Gasteiger partial charge in [0.15, 0.2) is 0 Å². The fraction of sp³-hybridized carbons (Fsp3) is 0.167. The average molecular weight is 235 g/mol. The van der Waals surface area contributed by atoms with Gasteiger partial charge in [-0.2, -0.15) is 0 Å². The van der Waals surface area contributed by atoms with Crippen LogP contribution in [0.4, 0.5) is 0 Å². The highest BCUT2D eigenvalue weighted by atomic mass is 16.5. The SMILES string of the molecule is COc1cc(C=CCC(N)=O)ccc1C(=O)O. The zero-order valence-corrected chi connectivity index (χ0v) is 9.34. The summed E-state index contributed by atoms with van der Waals surface area (Å²) in [5, 5.41) is 8.88. The molecule has 0 aliphatic rings. The van der Waals surface area contributed by atoms with Crippen molar-refractivity contribution in [3.8, 4) is 5.75 Å². The van der Waals surface area contributed by atoms with Crippen LogP contribution in [0.5, 0.6) is 5.75 Å². The van der Waals surface area contributed by atoms with Gasteiger partial charge in [-0.05, 0) is 17.7 Å². The van der Waals surface area contributed by atoms with Crippen LogP contribution < -0.4 is 10.5 Å². The van der Waals surface area contributed by atoms with E-state index in [0.29, 0.717) is 0 Å². The summed E-state index contributed by atoms with van der Waals surface area (Å²) in [7, 11) is 1.40. The molecule has 0 saturated heterocycles. The van der Waals surface area contributed by atoms with E-state index in [1.54, 1.807) is 24.3 Å². The molecule has 0 aliphatic carbocycles. The smallest absolute Gasteiger partial charge is 0.339 e. The second-order valence-electron chi connectivity index (χ2n) is 3.34. The van der Waals surface area contributed by atoms with Crippen LogP contribution in [-0.4, -0.2) is 24.1 Å². The monoisotopic (exact) mass is 235 g/mol. The van der Waals surface area contributed by atoms with Gasteiger partial charge in [0.05, 0.1) is 7.11 Å². The molecule has 0 heterocycles. The largest absolute Gasteiger partial charge is 0.496 e. The van der Waals surface area contributed by atoms with E-state index in [1.807, 2.05) is 0 Å². The van der Waals surface area contributed by atoms with Gasteiger partial charge in [-0.25, -0.2) is 4.79 Å². The molecule has 1 aromatic carbocycles. The minimum Gasteiger partial charge on any atom is -0.496 e. The molecule has 0 unspecified atom stereocenters. The van der Waals surface area contributed by atoms with Crippen molar-refractivity contribution >= 4 is 18.0 Å².